The maximum absolute atomic E-state index is 11.9. The lowest BCUT2D eigenvalue weighted by atomic mass is 9.94. The van der Waals surface area contributed by atoms with Gasteiger partial charge in [-0.05, 0) is 37.5 Å². The molecule has 0 radical (unpaired) electrons. The lowest BCUT2D eigenvalue weighted by Crippen LogP contribution is -2.41. The van der Waals surface area contributed by atoms with E-state index in [0.717, 1.165) is 53.1 Å². The number of likely N-dealkylation sites (tertiary alicyclic amines) is 1. The Bertz CT molecular complexity index is 980. The highest BCUT2D eigenvalue weighted by molar-refractivity contribution is 5.83. The average molecular weight is 364 g/mol. The normalized spacial score (nSPS) is 17.3. The average Bonchev–Trinajstić information content (AvgIpc) is 3.12. The number of nitrogens with two attached hydrogens (primary N) is 1. The summed E-state index contributed by atoms with van der Waals surface area (Å²) < 4.78 is 0. The quantitative estimate of drug-likeness (QED) is 0.746. The third-order valence-corrected chi connectivity index (χ3v) is 5.19. The largest absolute Gasteiger partial charge is 0.378 e. The monoisotopic (exact) mass is 364 g/mol. The molecule has 3 heterocycles. The number of urea groups is 1. The van der Waals surface area contributed by atoms with Crippen molar-refractivity contribution >= 4 is 22.8 Å². The number of primary amides is 1. The summed E-state index contributed by atoms with van der Waals surface area (Å²) in [7, 11) is 3.99. The molecule has 1 aromatic carbocycles. The first-order valence-electron chi connectivity index (χ1n) is 9.23. The van der Waals surface area contributed by atoms with Crippen LogP contribution < -0.4 is 10.6 Å². The predicted molar refractivity (Wildman–Crippen MR) is 107 cm³/mol. The fourth-order valence-electron chi connectivity index (χ4n) is 3.79. The predicted octanol–water partition coefficient (Wildman–Crippen LogP) is 3.30. The Morgan fingerprint density at radius 3 is 2.93 bits per heavy atom. The van der Waals surface area contributed by atoms with Gasteiger partial charge in [-0.2, -0.15) is 0 Å². The number of imidazole rings is 1. The summed E-state index contributed by atoms with van der Waals surface area (Å²) in [6.45, 7) is 0.695. The van der Waals surface area contributed by atoms with Crippen LogP contribution in [0.5, 0.6) is 0 Å². The van der Waals surface area contributed by atoms with Crippen molar-refractivity contribution in [3.8, 4) is 11.5 Å². The summed E-state index contributed by atoms with van der Waals surface area (Å²) in [5, 5.41) is 0. The van der Waals surface area contributed by atoms with Crippen LogP contribution >= 0.6 is 0 Å². The van der Waals surface area contributed by atoms with Gasteiger partial charge >= 0.3 is 6.03 Å². The van der Waals surface area contributed by atoms with Gasteiger partial charge in [-0.25, -0.2) is 9.78 Å². The highest BCUT2D eigenvalue weighted by Gasteiger charge is 2.28. The van der Waals surface area contributed by atoms with Gasteiger partial charge in [-0.15, -0.1) is 0 Å². The van der Waals surface area contributed by atoms with Crippen LogP contribution in [0.25, 0.3) is 22.6 Å². The summed E-state index contributed by atoms with van der Waals surface area (Å²) in [5.74, 6) is 0.725. The van der Waals surface area contributed by atoms with Gasteiger partial charge in [-0.3, -0.25) is 4.98 Å². The van der Waals surface area contributed by atoms with E-state index in [-0.39, 0.29) is 12.1 Å². The van der Waals surface area contributed by atoms with Gasteiger partial charge in [0.2, 0.25) is 0 Å². The number of piperidine rings is 1. The van der Waals surface area contributed by atoms with Crippen LogP contribution in [0.4, 0.5) is 10.5 Å². The number of H-pyrrole nitrogens is 1. The summed E-state index contributed by atoms with van der Waals surface area (Å²) in [6.07, 6.45) is 4.75. The third kappa shape index (κ3) is 3.20. The molecule has 0 saturated carbocycles. The van der Waals surface area contributed by atoms with Crippen LogP contribution in [0, 0.1) is 0 Å². The maximum atomic E-state index is 11.9. The number of carbonyl (C=O) groups excluding carboxylic acids is 1. The smallest absolute Gasteiger partial charge is 0.315 e. The topological polar surface area (TPSA) is 91.1 Å². The molecule has 0 spiro atoms. The lowest BCUT2D eigenvalue weighted by Gasteiger charge is -2.34. The molecule has 1 fully saturated rings. The number of para-hydroxylation sites is 1. The van der Waals surface area contributed by atoms with Gasteiger partial charge in [0.15, 0.2) is 5.82 Å². The van der Waals surface area contributed by atoms with E-state index in [1.165, 1.54) is 0 Å². The Hall–Kier alpha value is -3.09. The number of anilines is 1. The molecule has 0 bridgehead atoms. The second-order valence-corrected chi connectivity index (χ2v) is 7.17. The SMILES string of the molecule is CN(C)c1ccnc(-c2nc3c(C4CCCCN4C(N)=O)cccc3[nH]2)c1. The number of nitrogens with one attached hydrogen (secondary N) is 1. The van der Waals surface area contributed by atoms with E-state index in [0.29, 0.717) is 6.54 Å². The number of hydrogen-bond donors (Lipinski definition) is 2. The minimum Gasteiger partial charge on any atom is -0.378 e. The number of carbonyl (C=O) groups is 1. The van der Waals surface area contributed by atoms with Crippen LogP contribution in [0.3, 0.4) is 0 Å². The standard InChI is InChI=1S/C20H24N6O/c1-25(2)13-9-10-22-16(12-13)19-23-15-7-5-6-14(18(15)24-19)17-8-3-4-11-26(17)20(21)27/h5-7,9-10,12,17H,3-4,8,11H2,1-2H3,(H2,21,27)(H,23,24). The molecule has 27 heavy (non-hydrogen) atoms. The van der Waals surface area contributed by atoms with E-state index in [2.05, 4.69) is 9.97 Å². The Morgan fingerprint density at radius 2 is 2.15 bits per heavy atom. The van der Waals surface area contributed by atoms with E-state index in [9.17, 15) is 4.79 Å². The molecule has 7 heteroatoms. The first kappa shape index (κ1) is 17.3. The number of nitrogens with zero attached hydrogens (tertiary/aromatic N) is 4. The summed E-state index contributed by atoms with van der Waals surface area (Å²) in [6, 6.07) is 9.62. The number of amides is 2. The van der Waals surface area contributed by atoms with E-state index < -0.39 is 0 Å². The van der Waals surface area contributed by atoms with Crippen LogP contribution in [0.2, 0.25) is 0 Å². The van der Waals surface area contributed by atoms with Crippen LogP contribution in [-0.4, -0.2) is 46.5 Å². The lowest BCUT2D eigenvalue weighted by molar-refractivity contribution is 0.160. The summed E-state index contributed by atoms with van der Waals surface area (Å²) >= 11 is 0. The highest BCUT2D eigenvalue weighted by Crippen LogP contribution is 2.35. The molecule has 2 amide bonds. The summed E-state index contributed by atoms with van der Waals surface area (Å²) in [5.41, 5.74) is 10.3. The van der Waals surface area contributed by atoms with E-state index in [4.69, 9.17) is 10.7 Å². The Labute approximate surface area is 158 Å². The molecular weight excluding hydrogens is 340 g/mol. The maximum Gasteiger partial charge on any atom is 0.315 e. The van der Waals surface area contributed by atoms with Crippen molar-refractivity contribution in [1.82, 2.24) is 19.9 Å². The van der Waals surface area contributed by atoms with Crippen LogP contribution in [-0.2, 0) is 0 Å². The fraction of sp³-hybridized carbons (Fsp3) is 0.350. The zero-order valence-electron chi connectivity index (χ0n) is 15.6. The molecule has 140 valence electrons. The minimum absolute atomic E-state index is 0.0304. The van der Waals surface area contributed by atoms with Gasteiger partial charge in [0.25, 0.3) is 0 Å². The van der Waals surface area contributed by atoms with Crippen molar-refractivity contribution < 1.29 is 4.79 Å². The molecule has 1 unspecified atom stereocenters. The van der Waals surface area contributed by atoms with Crippen molar-refractivity contribution in [2.75, 3.05) is 25.5 Å². The van der Waals surface area contributed by atoms with Crippen molar-refractivity contribution in [3.63, 3.8) is 0 Å². The Kier molecular flexibility index (Phi) is 4.43. The Morgan fingerprint density at radius 1 is 1.30 bits per heavy atom. The molecule has 7 nitrogen and oxygen atoms in total. The fourth-order valence-corrected chi connectivity index (χ4v) is 3.79. The third-order valence-electron chi connectivity index (χ3n) is 5.19. The number of pyridine rings is 1. The molecule has 2 aromatic heterocycles. The zero-order chi connectivity index (χ0) is 19.0. The van der Waals surface area contributed by atoms with Crippen LogP contribution in [0.15, 0.2) is 36.5 Å². The number of hydrogen-bond acceptors (Lipinski definition) is 4. The van der Waals surface area contributed by atoms with Gasteiger partial charge in [-0.1, -0.05) is 12.1 Å². The van der Waals surface area contributed by atoms with Crippen molar-refractivity contribution in [2.24, 2.45) is 5.73 Å². The first-order chi connectivity index (χ1) is 13.0. The Balaban J connectivity index is 1.79. The molecule has 3 aromatic rings. The molecule has 1 aliphatic rings. The van der Waals surface area contributed by atoms with E-state index >= 15 is 0 Å². The van der Waals surface area contributed by atoms with E-state index in [1.54, 1.807) is 11.1 Å². The number of fused-ring (bicyclic) bond motifs is 1. The van der Waals surface area contributed by atoms with Gasteiger partial charge in [0.1, 0.15) is 5.69 Å². The molecule has 1 aliphatic heterocycles. The van der Waals surface area contributed by atoms with Gasteiger partial charge < -0.3 is 20.5 Å². The highest BCUT2D eigenvalue weighted by atomic mass is 16.2. The number of rotatable bonds is 3. The zero-order valence-corrected chi connectivity index (χ0v) is 15.6. The number of aromatic nitrogens is 3. The van der Waals surface area contributed by atoms with Crippen molar-refractivity contribution in [3.05, 3.63) is 42.1 Å². The first-order valence-corrected chi connectivity index (χ1v) is 9.23. The number of benzene rings is 1. The van der Waals surface area contributed by atoms with Gasteiger partial charge in [0, 0.05) is 38.1 Å². The molecular formula is C20H24N6O. The summed E-state index contributed by atoms with van der Waals surface area (Å²) in [4.78, 5) is 28.4. The van der Waals surface area contributed by atoms with Gasteiger partial charge in [0.05, 0.1) is 17.1 Å². The molecule has 1 atom stereocenters. The molecule has 0 aliphatic carbocycles. The molecule has 3 N–H and O–H groups in total. The number of aromatic amines is 1. The van der Waals surface area contributed by atoms with E-state index in [1.807, 2.05) is 49.3 Å². The molecule has 1 saturated heterocycles. The molecule has 4 rings (SSSR count). The second-order valence-electron chi connectivity index (χ2n) is 7.17. The second kappa shape index (κ2) is 6.90. The minimum atomic E-state index is -0.368. The van der Waals surface area contributed by atoms with Crippen LogP contribution in [0.1, 0.15) is 30.9 Å². The van der Waals surface area contributed by atoms with Crippen molar-refractivity contribution in [2.45, 2.75) is 25.3 Å². The van der Waals surface area contributed by atoms with Crippen molar-refractivity contribution in [1.29, 1.82) is 0 Å².